The zero-order valence-electron chi connectivity index (χ0n) is 10.8. The van der Waals surface area contributed by atoms with Crippen LogP contribution in [0.5, 0.6) is 5.75 Å². The van der Waals surface area contributed by atoms with Crippen LogP contribution in [0, 0.1) is 0 Å². The normalized spacial score (nSPS) is 10.5. The SMILES string of the molecule is CCCCc1ccc(OCCCCCBr)cc1. The van der Waals surface area contributed by atoms with Crippen molar-refractivity contribution in [3.63, 3.8) is 0 Å². The van der Waals surface area contributed by atoms with Crippen LogP contribution < -0.4 is 4.74 Å². The number of alkyl halides is 1. The molecule has 0 N–H and O–H groups in total. The Hall–Kier alpha value is -0.500. The summed E-state index contributed by atoms with van der Waals surface area (Å²) < 4.78 is 5.70. The van der Waals surface area contributed by atoms with Crippen LogP contribution in [0.1, 0.15) is 44.6 Å². The Morgan fingerprint density at radius 3 is 2.41 bits per heavy atom. The third-order valence-corrected chi connectivity index (χ3v) is 3.35. The average Bonchev–Trinajstić information content (AvgIpc) is 2.37. The first-order valence-corrected chi connectivity index (χ1v) is 7.76. The van der Waals surface area contributed by atoms with E-state index in [1.807, 2.05) is 0 Å². The molecule has 0 unspecified atom stereocenters. The number of ether oxygens (including phenoxy) is 1. The Morgan fingerprint density at radius 1 is 1.00 bits per heavy atom. The van der Waals surface area contributed by atoms with Gasteiger partial charge in [0.05, 0.1) is 6.61 Å². The van der Waals surface area contributed by atoms with Crippen molar-refractivity contribution in [3.05, 3.63) is 29.8 Å². The van der Waals surface area contributed by atoms with Crippen LogP contribution in [0.15, 0.2) is 24.3 Å². The molecule has 1 aromatic carbocycles. The number of hydrogen-bond donors (Lipinski definition) is 0. The summed E-state index contributed by atoms with van der Waals surface area (Å²) in [6.45, 7) is 3.06. The van der Waals surface area contributed by atoms with E-state index in [-0.39, 0.29) is 0 Å². The summed E-state index contributed by atoms with van der Waals surface area (Å²) in [6, 6.07) is 8.55. The van der Waals surface area contributed by atoms with Gasteiger partial charge in [0, 0.05) is 5.33 Å². The molecule has 1 rings (SSSR count). The van der Waals surface area contributed by atoms with E-state index in [1.54, 1.807) is 0 Å². The molecule has 17 heavy (non-hydrogen) atoms. The van der Waals surface area contributed by atoms with E-state index in [4.69, 9.17) is 4.74 Å². The predicted octanol–water partition coefficient (Wildman–Crippen LogP) is 4.97. The van der Waals surface area contributed by atoms with E-state index in [0.717, 1.165) is 24.1 Å². The van der Waals surface area contributed by atoms with Crippen LogP contribution in [-0.2, 0) is 6.42 Å². The standard InChI is InChI=1S/C15H23BrO/c1-2-3-7-14-8-10-15(11-9-14)17-13-6-4-5-12-16/h8-11H,2-7,12-13H2,1H3. The first-order valence-electron chi connectivity index (χ1n) is 6.64. The molecule has 2 heteroatoms. The smallest absolute Gasteiger partial charge is 0.119 e. The second-order valence-corrected chi connectivity index (χ2v) is 5.14. The molecular weight excluding hydrogens is 276 g/mol. The molecule has 0 heterocycles. The van der Waals surface area contributed by atoms with Gasteiger partial charge in [-0.25, -0.2) is 0 Å². The molecule has 1 aromatic rings. The van der Waals surface area contributed by atoms with Crippen molar-refractivity contribution >= 4 is 15.9 Å². The van der Waals surface area contributed by atoms with Gasteiger partial charge in [0.2, 0.25) is 0 Å². The molecule has 0 saturated carbocycles. The Morgan fingerprint density at radius 2 is 1.76 bits per heavy atom. The lowest BCUT2D eigenvalue weighted by molar-refractivity contribution is 0.306. The fourth-order valence-electron chi connectivity index (χ4n) is 1.70. The molecule has 0 aromatic heterocycles. The van der Waals surface area contributed by atoms with Gasteiger partial charge in [-0.3, -0.25) is 0 Å². The second kappa shape index (κ2) is 9.52. The largest absolute Gasteiger partial charge is 0.494 e. The highest BCUT2D eigenvalue weighted by molar-refractivity contribution is 9.09. The third-order valence-electron chi connectivity index (χ3n) is 2.79. The lowest BCUT2D eigenvalue weighted by Crippen LogP contribution is -1.97. The van der Waals surface area contributed by atoms with Crippen molar-refractivity contribution in [2.45, 2.75) is 45.4 Å². The Kier molecular flexibility index (Phi) is 8.16. The summed E-state index contributed by atoms with van der Waals surface area (Å²) in [5, 5.41) is 1.10. The van der Waals surface area contributed by atoms with E-state index in [0.29, 0.717) is 0 Å². The molecule has 0 aliphatic rings. The predicted molar refractivity (Wildman–Crippen MR) is 78.2 cm³/mol. The van der Waals surface area contributed by atoms with Crippen LogP contribution in [0.25, 0.3) is 0 Å². The fraction of sp³-hybridized carbons (Fsp3) is 0.600. The summed E-state index contributed by atoms with van der Waals surface area (Å²) in [4.78, 5) is 0. The van der Waals surface area contributed by atoms with E-state index in [1.165, 1.54) is 37.7 Å². The molecule has 0 fully saturated rings. The van der Waals surface area contributed by atoms with Crippen LogP contribution in [0.2, 0.25) is 0 Å². The van der Waals surface area contributed by atoms with Gasteiger partial charge < -0.3 is 4.74 Å². The number of rotatable bonds is 9. The third kappa shape index (κ3) is 6.72. The maximum atomic E-state index is 5.70. The summed E-state index contributed by atoms with van der Waals surface area (Å²) >= 11 is 3.43. The lowest BCUT2D eigenvalue weighted by Gasteiger charge is -2.06. The minimum atomic E-state index is 0.835. The lowest BCUT2D eigenvalue weighted by atomic mass is 10.1. The highest BCUT2D eigenvalue weighted by atomic mass is 79.9. The van der Waals surface area contributed by atoms with Gasteiger partial charge in [0.1, 0.15) is 5.75 Å². The van der Waals surface area contributed by atoms with Crippen molar-refractivity contribution in [3.8, 4) is 5.75 Å². The second-order valence-electron chi connectivity index (χ2n) is 4.35. The van der Waals surface area contributed by atoms with E-state index < -0.39 is 0 Å². The molecular formula is C15H23BrO. The van der Waals surface area contributed by atoms with Crippen molar-refractivity contribution in [2.75, 3.05) is 11.9 Å². The number of halogens is 1. The number of aryl methyl sites for hydroxylation is 1. The minimum Gasteiger partial charge on any atom is -0.494 e. The van der Waals surface area contributed by atoms with Crippen molar-refractivity contribution < 1.29 is 4.74 Å². The molecule has 0 radical (unpaired) electrons. The van der Waals surface area contributed by atoms with Gasteiger partial charge >= 0.3 is 0 Å². The molecule has 96 valence electrons. The zero-order chi connectivity index (χ0) is 12.3. The first-order chi connectivity index (χ1) is 8.36. The topological polar surface area (TPSA) is 9.23 Å². The molecule has 0 spiro atoms. The highest BCUT2D eigenvalue weighted by Crippen LogP contribution is 2.14. The number of hydrogen-bond acceptors (Lipinski definition) is 1. The summed E-state index contributed by atoms with van der Waals surface area (Å²) in [5.41, 5.74) is 1.42. The molecule has 0 atom stereocenters. The van der Waals surface area contributed by atoms with Crippen LogP contribution in [-0.4, -0.2) is 11.9 Å². The van der Waals surface area contributed by atoms with Crippen molar-refractivity contribution in [1.82, 2.24) is 0 Å². The van der Waals surface area contributed by atoms with Gasteiger partial charge in [-0.15, -0.1) is 0 Å². The van der Waals surface area contributed by atoms with Crippen molar-refractivity contribution in [2.24, 2.45) is 0 Å². The fourth-order valence-corrected chi connectivity index (χ4v) is 2.09. The van der Waals surface area contributed by atoms with Crippen LogP contribution in [0.4, 0.5) is 0 Å². The van der Waals surface area contributed by atoms with Gasteiger partial charge in [-0.1, -0.05) is 41.4 Å². The number of unbranched alkanes of at least 4 members (excludes halogenated alkanes) is 3. The zero-order valence-corrected chi connectivity index (χ0v) is 12.3. The monoisotopic (exact) mass is 298 g/mol. The maximum absolute atomic E-state index is 5.70. The maximum Gasteiger partial charge on any atom is 0.119 e. The molecule has 0 bridgehead atoms. The summed E-state index contributed by atoms with van der Waals surface area (Å²) in [7, 11) is 0. The Balaban J connectivity index is 2.20. The minimum absolute atomic E-state index is 0.835. The van der Waals surface area contributed by atoms with Gasteiger partial charge in [0.15, 0.2) is 0 Å². The Bertz CT molecular complexity index is 281. The van der Waals surface area contributed by atoms with E-state index in [2.05, 4.69) is 47.1 Å². The van der Waals surface area contributed by atoms with Gasteiger partial charge in [-0.2, -0.15) is 0 Å². The Labute approximate surface area is 114 Å². The highest BCUT2D eigenvalue weighted by Gasteiger charge is 1.96. The van der Waals surface area contributed by atoms with Crippen LogP contribution >= 0.6 is 15.9 Å². The molecule has 0 aliphatic heterocycles. The molecule has 0 amide bonds. The summed E-state index contributed by atoms with van der Waals surface area (Å²) in [5.74, 6) is 1.00. The van der Waals surface area contributed by atoms with E-state index >= 15 is 0 Å². The average molecular weight is 299 g/mol. The quantitative estimate of drug-likeness (QED) is 0.462. The molecule has 0 saturated heterocycles. The summed E-state index contributed by atoms with van der Waals surface area (Å²) in [6.07, 6.45) is 7.32. The number of benzene rings is 1. The van der Waals surface area contributed by atoms with E-state index in [9.17, 15) is 0 Å². The van der Waals surface area contributed by atoms with Crippen LogP contribution in [0.3, 0.4) is 0 Å². The molecule has 1 nitrogen and oxygen atoms in total. The first kappa shape index (κ1) is 14.6. The van der Waals surface area contributed by atoms with Gasteiger partial charge in [-0.05, 0) is 49.8 Å². The van der Waals surface area contributed by atoms with Gasteiger partial charge in [0.25, 0.3) is 0 Å². The molecule has 0 aliphatic carbocycles. The van der Waals surface area contributed by atoms with Crippen molar-refractivity contribution in [1.29, 1.82) is 0 Å².